The van der Waals surface area contributed by atoms with Gasteiger partial charge in [0, 0.05) is 12.2 Å². The van der Waals surface area contributed by atoms with E-state index in [1.807, 2.05) is 6.07 Å². The highest BCUT2D eigenvalue weighted by molar-refractivity contribution is 5.70. The largest absolute Gasteiger partial charge is 0.312 e. The second kappa shape index (κ2) is 4.31. The molecule has 1 aliphatic heterocycles. The number of nitrogens with one attached hydrogen (secondary N) is 1. The third kappa shape index (κ3) is 1.85. The molecular formula is C14H15N3. The standard InChI is InChI=1S/C14H15N3/c15-8-12-7-10-3-1-5-13(10)17-14(12)11-4-2-6-16-9-11/h4,7,16H,1-3,5-6,9H2. The quantitative estimate of drug-likeness (QED) is 0.793. The lowest BCUT2D eigenvalue weighted by molar-refractivity contribution is 0.736. The Labute approximate surface area is 101 Å². The number of hydrogen-bond donors (Lipinski definition) is 1. The van der Waals surface area contributed by atoms with E-state index in [-0.39, 0.29) is 0 Å². The molecule has 0 aromatic carbocycles. The molecule has 0 saturated heterocycles. The number of fused-ring (bicyclic) bond motifs is 1. The van der Waals surface area contributed by atoms with Crippen LogP contribution in [0.1, 0.15) is 35.4 Å². The van der Waals surface area contributed by atoms with Gasteiger partial charge in [-0.3, -0.25) is 4.98 Å². The molecule has 0 amide bonds. The van der Waals surface area contributed by atoms with Crippen molar-refractivity contribution in [1.29, 1.82) is 5.26 Å². The molecule has 1 aromatic rings. The number of pyridine rings is 1. The van der Waals surface area contributed by atoms with E-state index in [2.05, 4.69) is 17.5 Å². The van der Waals surface area contributed by atoms with Crippen LogP contribution in [0.4, 0.5) is 0 Å². The van der Waals surface area contributed by atoms with Crippen molar-refractivity contribution < 1.29 is 0 Å². The third-order valence-corrected chi connectivity index (χ3v) is 3.50. The van der Waals surface area contributed by atoms with Crippen molar-refractivity contribution >= 4 is 5.57 Å². The van der Waals surface area contributed by atoms with Crippen molar-refractivity contribution in [3.05, 3.63) is 34.7 Å². The Morgan fingerprint density at radius 3 is 3.06 bits per heavy atom. The minimum Gasteiger partial charge on any atom is -0.312 e. The highest BCUT2D eigenvalue weighted by atomic mass is 14.9. The molecule has 3 heteroatoms. The van der Waals surface area contributed by atoms with Crippen LogP contribution in [0.3, 0.4) is 0 Å². The van der Waals surface area contributed by atoms with Crippen LogP contribution in [-0.2, 0) is 12.8 Å². The van der Waals surface area contributed by atoms with Gasteiger partial charge in [-0.15, -0.1) is 0 Å². The zero-order valence-corrected chi connectivity index (χ0v) is 9.79. The Balaban J connectivity index is 2.09. The molecule has 0 saturated carbocycles. The van der Waals surface area contributed by atoms with Gasteiger partial charge in [0.25, 0.3) is 0 Å². The van der Waals surface area contributed by atoms with Gasteiger partial charge in [-0.2, -0.15) is 5.26 Å². The first-order valence-corrected chi connectivity index (χ1v) is 6.21. The van der Waals surface area contributed by atoms with Gasteiger partial charge in [-0.25, -0.2) is 0 Å². The Morgan fingerprint density at radius 1 is 1.35 bits per heavy atom. The van der Waals surface area contributed by atoms with Gasteiger partial charge in [-0.1, -0.05) is 6.08 Å². The molecule has 3 rings (SSSR count). The maximum Gasteiger partial charge on any atom is 0.101 e. The lowest BCUT2D eigenvalue weighted by Crippen LogP contribution is -2.22. The number of hydrogen-bond acceptors (Lipinski definition) is 3. The van der Waals surface area contributed by atoms with Crippen LogP contribution in [0.25, 0.3) is 5.57 Å². The third-order valence-electron chi connectivity index (χ3n) is 3.50. The van der Waals surface area contributed by atoms with Crippen LogP contribution >= 0.6 is 0 Å². The van der Waals surface area contributed by atoms with Gasteiger partial charge < -0.3 is 5.32 Å². The first-order chi connectivity index (χ1) is 8.38. The summed E-state index contributed by atoms with van der Waals surface area (Å²) in [5.74, 6) is 0. The molecule has 1 aliphatic carbocycles. The SMILES string of the molecule is N#Cc1cc2c(nc1C1=CCCNC1)CCC2. The molecule has 0 atom stereocenters. The zero-order valence-electron chi connectivity index (χ0n) is 9.79. The van der Waals surface area contributed by atoms with Gasteiger partial charge in [-0.05, 0) is 49.4 Å². The summed E-state index contributed by atoms with van der Waals surface area (Å²) < 4.78 is 0. The van der Waals surface area contributed by atoms with Crippen LogP contribution in [-0.4, -0.2) is 18.1 Å². The van der Waals surface area contributed by atoms with Crippen LogP contribution in [0.2, 0.25) is 0 Å². The van der Waals surface area contributed by atoms with E-state index in [0.717, 1.165) is 43.6 Å². The average Bonchev–Trinajstić information content (AvgIpc) is 2.85. The van der Waals surface area contributed by atoms with Gasteiger partial charge >= 0.3 is 0 Å². The highest BCUT2D eigenvalue weighted by Crippen LogP contribution is 2.26. The second-order valence-electron chi connectivity index (χ2n) is 4.65. The van der Waals surface area contributed by atoms with Crippen molar-refractivity contribution in [2.75, 3.05) is 13.1 Å². The topological polar surface area (TPSA) is 48.7 Å². The first kappa shape index (κ1) is 10.5. The first-order valence-electron chi connectivity index (χ1n) is 6.21. The van der Waals surface area contributed by atoms with Crippen molar-refractivity contribution in [3.8, 4) is 6.07 Å². The van der Waals surface area contributed by atoms with Crippen LogP contribution in [0.5, 0.6) is 0 Å². The summed E-state index contributed by atoms with van der Waals surface area (Å²) in [6, 6.07) is 4.33. The van der Waals surface area contributed by atoms with E-state index in [9.17, 15) is 5.26 Å². The number of nitrogens with zero attached hydrogens (tertiary/aromatic N) is 2. The molecule has 0 radical (unpaired) electrons. The fourth-order valence-electron chi connectivity index (χ4n) is 2.63. The highest BCUT2D eigenvalue weighted by Gasteiger charge is 2.18. The van der Waals surface area contributed by atoms with Crippen LogP contribution < -0.4 is 5.32 Å². The zero-order chi connectivity index (χ0) is 11.7. The maximum absolute atomic E-state index is 9.24. The summed E-state index contributed by atoms with van der Waals surface area (Å²) >= 11 is 0. The van der Waals surface area contributed by atoms with Crippen LogP contribution in [0, 0.1) is 11.3 Å². The maximum atomic E-state index is 9.24. The molecule has 1 N–H and O–H groups in total. The molecule has 3 nitrogen and oxygen atoms in total. The van der Waals surface area contributed by atoms with Crippen LogP contribution in [0.15, 0.2) is 12.1 Å². The Hall–Kier alpha value is -1.66. The van der Waals surface area contributed by atoms with E-state index >= 15 is 0 Å². The van der Waals surface area contributed by atoms with E-state index in [1.54, 1.807) is 0 Å². The molecular weight excluding hydrogens is 210 g/mol. The fraction of sp³-hybridized carbons (Fsp3) is 0.429. The van der Waals surface area contributed by atoms with E-state index in [1.165, 1.54) is 23.3 Å². The Morgan fingerprint density at radius 2 is 2.29 bits per heavy atom. The van der Waals surface area contributed by atoms with Crippen molar-refractivity contribution in [2.45, 2.75) is 25.7 Å². The molecule has 17 heavy (non-hydrogen) atoms. The summed E-state index contributed by atoms with van der Waals surface area (Å²) in [6.07, 6.45) is 6.55. The van der Waals surface area contributed by atoms with E-state index < -0.39 is 0 Å². The van der Waals surface area contributed by atoms with Gasteiger partial charge in [0.15, 0.2) is 0 Å². The molecule has 0 fully saturated rings. The summed E-state index contributed by atoms with van der Waals surface area (Å²) in [5.41, 5.74) is 5.29. The molecule has 0 spiro atoms. The van der Waals surface area contributed by atoms with E-state index in [0.29, 0.717) is 0 Å². The number of aryl methyl sites for hydroxylation is 2. The average molecular weight is 225 g/mol. The van der Waals surface area contributed by atoms with E-state index in [4.69, 9.17) is 4.98 Å². The van der Waals surface area contributed by atoms with Gasteiger partial charge in [0.05, 0.1) is 11.3 Å². The summed E-state index contributed by atoms with van der Waals surface area (Å²) in [7, 11) is 0. The normalized spacial score (nSPS) is 18.4. The number of nitriles is 1. The molecule has 1 aromatic heterocycles. The number of aromatic nitrogens is 1. The molecule has 0 bridgehead atoms. The fourth-order valence-corrected chi connectivity index (χ4v) is 2.63. The van der Waals surface area contributed by atoms with Crippen molar-refractivity contribution in [2.24, 2.45) is 0 Å². The second-order valence-corrected chi connectivity index (χ2v) is 4.65. The Kier molecular flexibility index (Phi) is 2.66. The molecule has 2 heterocycles. The number of rotatable bonds is 1. The summed E-state index contributed by atoms with van der Waals surface area (Å²) in [6.45, 7) is 1.86. The predicted molar refractivity (Wildman–Crippen MR) is 66.4 cm³/mol. The lowest BCUT2D eigenvalue weighted by atomic mass is 10.0. The smallest absolute Gasteiger partial charge is 0.101 e. The minimum atomic E-state index is 0.737. The summed E-state index contributed by atoms with van der Waals surface area (Å²) in [4.78, 5) is 4.72. The van der Waals surface area contributed by atoms with Gasteiger partial charge in [0.2, 0.25) is 0 Å². The molecule has 0 unspecified atom stereocenters. The Bertz CT molecular complexity index is 523. The van der Waals surface area contributed by atoms with Gasteiger partial charge in [0.1, 0.15) is 6.07 Å². The molecule has 86 valence electrons. The van der Waals surface area contributed by atoms with Crippen molar-refractivity contribution in [1.82, 2.24) is 10.3 Å². The van der Waals surface area contributed by atoms with Crippen molar-refractivity contribution in [3.63, 3.8) is 0 Å². The monoisotopic (exact) mass is 225 g/mol. The summed E-state index contributed by atoms with van der Waals surface area (Å²) in [5, 5.41) is 12.6. The molecule has 2 aliphatic rings. The lowest BCUT2D eigenvalue weighted by Gasteiger charge is -2.15. The predicted octanol–water partition coefficient (Wildman–Crippen LogP) is 1.82. The minimum absolute atomic E-state index is 0.737.